The number of aromatic nitrogens is 1. The number of halogens is 1. The molecule has 1 aromatic heterocycles. The van der Waals surface area contributed by atoms with E-state index in [1.165, 1.54) is 0 Å². The number of rotatable bonds is 5. The van der Waals surface area contributed by atoms with Crippen LogP contribution in [-0.4, -0.2) is 16.9 Å². The van der Waals surface area contributed by atoms with Gasteiger partial charge in [-0.3, -0.25) is 0 Å². The summed E-state index contributed by atoms with van der Waals surface area (Å²) in [6, 6.07) is 8.64. The number of fused-ring (bicyclic) bond motifs is 1. The predicted octanol–water partition coefficient (Wildman–Crippen LogP) is 3.65. The number of para-hydroxylation sites is 2. The molecular formula is C12H15ClN2O. The van der Waals surface area contributed by atoms with Gasteiger partial charge in [-0.05, 0) is 25.0 Å². The highest BCUT2D eigenvalue weighted by atomic mass is 35.5. The third-order valence-corrected chi connectivity index (χ3v) is 2.79. The van der Waals surface area contributed by atoms with Crippen molar-refractivity contribution in [1.82, 2.24) is 4.98 Å². The van der Waals surface area contributed by atoms with E-state index in [2.05, 4.69) is 17.2 Å². The van der Waals surface area contributed by atoms with E-state index in [0.29, 0.717) is 17.9 Å². The molecule has 86 valence electrons. The van der Waals surface area contributed by atoms with E-state index in [-0.39, 0.29) is 0 Å². The highest BCUT2D eigenvalue weighted by Crippen LogP contribution is 2.19. The lowest BCUT2D eigenvalue weighted by Crippen LogP contribution is -2.18. The maximum atomic E-state index is 5.73. The van der Waals surface area contributed by atoms with Gasteiger partial charge in [0, 0.05) is 11.9 Å². The van der Waals surface area contributed by atoms with Gasteiger partial charge in [0.25, 0.3) is 6.01 Å². The first-order valence-electron chi connectivity index (χ1n) is 5.51. The van der Waals surface area contributed by atoms with Crippen LogP contribution in [0.4, 0.5) is 6.01 Å². The minimum Gasteiger partial charge on any atom is -0.424 e. The van der Waals surface area contributed by atoms with Gasteiger partial charge in [-0.25, -0.2) is 0 Å². The van der Waals surface area contributed by atoms with Crippen LogP contribution in [0, 0.1) is 0 Å². The monoisotopic (exact) mass is 238 g/mol. The number of nitrogens with one attached hydrogen (secondary N) is 1. The van der Waals surface area contributed by atoms with Gasteiger partial charge in [-0.1, -0.05) is 19.1 Å². The molecule has 0 spiro atoms. The Bertz CT molecular complexity index is 422. The first-order valence-corrected chi connectivity index (χ1v) is 6.05. The third-order valence-electron chi connectivity index (χ3n) is 2.57. The van der Waals surface area contributed by atoms with Gasteiger partial charge in [-0.15, -0.1) is 11.6 Å². The molecule has 3 nitrogen and oxygen atoms in total. The summed E-state index contributed by atoms with van der Waals surface area (Å²) >= 11 is 5.73. The molecule has 0 radical (unpaired) electrons. The number of alkyl halides is 1. The number of hydrogen-bond donors (Lipinski definition) is 1. The van der Waals surface area contributed by atoms with Crippen molar-refractivity contribution < 1.29 is 4.42 Å². The summed E-state index contributed by atoms with van der Waals surface area (Å²) in [5.41, 5.74) is 1.69. The van der Waals surface area contributed by atoms with E-state index < -0.39 is 0 Å². The SMILES string of the molecule is CCC(CCCl)Nc1nc2ccccc2o1. The molecule has 2 aromatic rings. The molecule has 0 aliphatic carbocycles. The van der Waals surface area contributed by atoms with Crippen molar-refractivity contribution in [3.05, 3.63) is 24.3 Å². The standard InChI is InChI=1S/C12H15ClN2O/c1-2-9(7-8-13)14-12-15-10-5-3-4-6-11(10)16-12/h3-6,9H,2,7-8H2,1H3,(H,14,15). The molecule has 1 heterocycles. The number of benzene rings is 1. The van der Waals surface area contributed by atoms with Crippen LogP contribution in [0.1, 0.15) is 19.8 Å². The lowest BCUT2D eigenvalue weighted by Gasteiger charge is -2.12. The molecule has 0 aliphatic heterocycles. The number of nitrogens with zero attached hydrogens (tertiary/aromatic N) is 1. The zero-order valence-corrected chi connectivity index (χ0v) is 10.00. The summed E-state index contributed by atoms with van der Waals surface area (Å²) < 4.78 is 5.58. The molecule has 4 heteroatoms. The fourth-order valence-corrected chi connectivity index (χ4v) is 1.88. The fraction of sp³-hybridized carbons (Fsp3) is 0.417. The number of oxazole rings is 1. The van der Waals surface area contributed by atoms with Crippen LogP contribution < -0.4 is 5.32 Å². The van der Waals surface area contributed by atoms with E-state index >= 15 is 0 Å². The van der Waals surface area contributed by atoms with Crippen molar-refractivity contribution in [3.8, 4) is 0 Å². The highest BCUT2D eigenvalue weighted by Gasteiger charge is 2.10. The quantitative estimate of drug-likeness (QED) is 0.808. The van der Waals surface area contributed by atoms with Crippen LogP contribution in [0.2, 0.25) is 0 Å². The Kier molecular flexibility index (Phi) is 3.67. The molecule has 1 N–H and O–H groups in total. The van der Waals surface area contributed by atoms with Gasteiger partial charge < -0.3 is 9.73 Å². The molecule has 0 saturated carbocycles. The largest absolute Gasteiger partial charge is 0.424 e. The number of anilines is 1. The average Bonchev–Trinajstić information content (AvgIpc) is 2.70. The molecule has 0 fully saturated rings. The summed E-state index contributed by atoms with van der Waals surface area (Å²) in [5, 5.41) is 3.26. The van der Waals surface area contributed by atoms with Crippen molar-refractivity contribution in [1.29, 1.82) is 0 Å². The normalized spacial score (nSPS) is 12.9. The van der Waals surface area contributed by atoms with Crippen LogP contribution in [-0.2, 0) is 0 Å². The molecule has 0 bridgehead atoms. The first kappa shape index (κ1) is 11.3. The zero-order valence-electron chi connectivity index (χ0n) is 9.24. The van der Waals surface area contributed by atoms with Crippen molar-refractivity contribution >= 4 is 28.7 Å². The maximum absolute atomic E-state index is 5.73. The van der Waals surface area contributed by atoms with E-state index in [1.807, 2.05) is 24.3 Å². The van der Waals surface area contributed by atoms with Crippen LogP contribution in [0.3, 0.4) is 0 Å². The Morgan fingerprint density at radius 1 is 1.44 bits per heavy atom. The molecule has 2 rings (SSSR count). The molecular weight excluding hydrogens is 224 g/mol. The van der Waals surface area contributed by atoms with Crippen molar-refractivity contribution in [2.45, 2.75) is 25.8 Å². The molecule has 0 amide bonds. The lowest BCUT2D eigenvalue weighted by atomic mass is 10.2. The first-order chi connectivity index (χ1) is 7.83. The van der Waals surface area contributed by atoms with E-state index in [9.17, 15) is 0 Å². The predicted molar refractivity (Wildman–Crippen MR) is 67.0 cm³/mol. The molecule has 1 aromatic carbocycles. The lowest BCUT2D eigenvalue weighted by molar-refractivity contribution is 0.579. The van der Waals surface area contributed by atoms with Crippen molar-refractivity contribution in [2.75, 3.05) is 11.2 Å². The second-order valence-corrected chi connectivity index (χ2v) is 4.09. The van der Waals surface area contributed by atoms with Gasteiger partial charge >= 0.3 is 0 Å². The second kappa shape index (κ2) is 5.21. The Morgan fingerprint density at radius 3 is 2.94 bits per heavy atom. The van der Waals surface area contributed by atoms with E-state index in [4.69, 9.17) is 16.0 Å². The summed E-state index contributed by atoms with van der Waals surface area (Å²) in [6.07, 6.45) is 1.92. The van der Waals surface area contributed by atoms with Gasteiger partial charge in [-0.2, -0.15) is 4.98 Å². The minimum atomic E-state index is 0.325. The summed E-state index contributed by atoms with van der Waals surface area (Å²) in [7, 11) is 0. The molecule has 16 heavy (non-hydrogen) atoms. The van der Waals surface area contributed by atoms with Gasteiger partial charge in [0.1, 0.15) is 5.52 Å². The smallest absolute Gasteiger partial charge is 0.295 e. The van der Waals surface area contributed by atoms with Crippen LogP contribution in [0.25, 0.3) is 11.1 Å². The van der Waals surface area contributed by atoms with Crippen LogP contribution in [0.5, 0.6) is 0 Å². The fourth-order valence-electron chi connectivity index (χ4n) is 1.62. The minimum absolute atomic E-state index is 0.325. The number of hydrogen-bond acceptors (Lipinski definition) is 3. The van der Waals surface area contributed by atoms with Crippen LogP contribution >= 0.6 is 11.6 Å². The average molecular weight is 239 g/mol. The van der Waals surface area contributed by atoms with Gasteiger partial charge in [0.2, 0.25) is 0 Å². The van der Waals surface area contributed by atoms with Gasteiger partial charge in [0.15, 0.2) is 5.58 Å². The highest BCUT2D eigenvalue weighted by molar-refractivity contribution is 6.17. The Hall–Kier alpha value is -1.22. The van der Waals surface area contributed by atoms with Crippen LogP contribution in [0.15, 0.2) is 28.7 Å². The summed E-state index contributed by atoms with van der Waals surface area (Å²) in [6.45, 7) is 2.12. The molecule has 0 saturated heterocycles. The second-order valence-electron chi connectivity index (χ2n) is 3.71. The Labute approximate surface area is 99.8 Å². The Balaban J connectivity index is 2.14. The summed E-state index contributed by atoms with van der Waals surface area (Å²) in [5.74, 6) is 0.645. The van der Waals surface area contributed by atoms with Gasteiger partial charge in [0.05, 0.1) is 0 Å². The molecule has 0 aliphatic rings. The third kappa shape index (κ3) is 2.47. The van der Waals surface area contributed by atoms with Crippen molar-refractivity contribution in [3.63, 3.8) is 0 Å². The maximum Gasteiger partial charge on any atom is 0.295 e. The van der Waals surface area contributed by atoms with Crippen molar-refractivity contribution in [2.24, 2.45) is 0 Å². The zero-order chi connectivity index (χ0) is 11.4. The van der Waals surface area contributed by atoms with E-state index in [0.717, 1.165) is 23.9 Å². The topological polar surface area (TPSA) is 38.1 Å². The molecule has 1 atom stereocenters. The van der Waals surface area contributed by atoms with E-state index in [1.54, 1.807) is 0 Å². The molecule has 1 unspecified atom stereocenters. The Morgan fingerprint density at radius 2 is 2.25 bits per heavy atom. The summed E-state index contributed by atoms with van der Waals surface area (Å²) in [4.78, 5) is 4.36.